The predicted octanol–water partition coefficient (Wildman–Crippen LogP) is 6.85. The number of rotatable bonds is 2. The maximum Gasteiger partial charge on any atom is 0.417 e. The molecule has 176 valence electrons. The molecule has 0 bridgehead atoms. The van der Waals surface area contributed by atoms with Crippen LogP contribution in [0, 0.1) is 0 Å². The zero-order chi connectivity index (χ0) is 23.7. The smallest absolute Gasteiger partial charge is 0.336 e. The molecule has 1 fully saturated rings. The van der Waals surface area contributed by atoms with Crippen LogP contribution in [0.1, 0.15) is 55.3 Å². The Balaban J connectivity index is 1.47. The van der Waals surface area contributed by atoms with Gasteiger partial charge in [-0.05, 0) is 37.8 Å². The first-order valence-corrected chi connectivity index (χ1v) is 11.9. The summed E-state index contributed by atoms with van der Waals surface area (Å²) < 4.78 is 42.6. The minimum atomic E-state index is -4.50. The molecule has 3 aromatic heterocycles. The first-order chi connectivity index (χ1) is 16.3. The number of hydrogen-bond acceptors (Lipinski definition) is 3. The van der Waals surface area contributed by atoms with Crippen LogP contribution in [0.4, 0.5) is 13.2 Å². The molecule has 0 unspecified atom stereocenters. The number of pyridine rings is 1. The minimum Gasteiger partial charge on any atom is -0.336 e. The summed E-state index contributed by atoms with van der Waals surface area (Å²) in [4.78, 5) is 12.3. The number of aromatic amines is 1. The van der Waals surface area contributed by atoms with Crippen LogP contribution < -0.4 is 0 Å². The summed E-state index contributed by atoms with van der Waals surface area (Å²) in [5.41, 5.74) is 3.86. The van der Waals surface area contributed by atoms with E-state index in [1.807, 2.05) is 11.7 Å². The van der Waals surface area contributed by atoms with Crippen LogP contribution in [0.2, 0.25) is 5.15 Å². The van der Waals surface area contributed by atoms with E-state index in [0.29, 0.717) is 16.9 Å². The van der Waals surface area contributed by atoms with Gasteiger partial charge in [-0.1, -0.05) is 49.1 Å². The van der Waals surface area contributed by atoms with Gasteiger partial charge in [-0.3, -0.25) is 4.68 Å². The van der Waals surface area contributed by atoms with E-state index >= 15 is 0 Å². The first kappa shape index (κ1) is 21.6. The van der Waals surface area contributed by atoms with Crippen molar-refractivity contribution in [1.29, 1.82) is 0 Å². The van der Waals surface area contributed by atoms with Crippen molar-refractivity contribution in [2.45, 2.75) is 56.5 Å². The van der Waals surface area contributed by atoms with Gasteiger partial charge in [0, 0.05) is 23.6 Å². The number of nitrogens with zero attached hydrogens (tertiary/aromatic N) is 4. The van der Waals surface area contributed by atoms with Gasteiger partial charge in [0.1, 0.15) is 11.2 Å². The summed E-state index contributed by atoms with van der Waals surface area (Å²) in [7, 11) is 1.92. The van der Waals surface area contributed by atoms with Crippen LogP contribution in [-0.2, 0) is 25.1 Å². The summed E-state index contributed by atoms with van der Waals surface area (Å²) in [6, 6.07) is 6.96. The van der Waals surface area contributed by atoms with E-state index < -0.39 is 11.7 Å². The number of alkyl halides is 3. The van der Waals surface area contributed by atoms with Crippen molar-refractivity contribution in [2.24, 2.45) is 7.05 Å². The number of halogens is 4. The van der Waals surface area contributed by atoms with E-state index in [2.05, 4.69) is 9.97 Å². The van der Waals surface area contributed by atoms with Gasteiger partial charge in [-0.15, -0.1) is 0 Å². The highest BCUT2D eigenvalue weighted by atomic mass is 35.5. The SMILES string of the molecule is Cn1nc2c(c1-c1nc3c(Cl)nc(-c4ccccc4C(F)(F)F)cc3[nH]1)CCC21CCCCC1. The monoisotopic (exact) mass is 485 g/mol. The lowest BCUT2D eigenvalue weighted by atomic mass is 9.72. The highest BCUT2D eigenvalue weighted by molar-refractivity contribution is 6.34. The Morgan fingerprint density at radius 2 is 1.82 bits per heavy atom. The fraction of sp³-hybridized carbons (Fsp3) is 0.400. The van der Waals surface area contributed by atoms with Crippen LogP contribution in [0.5, 0.6) is 0 Å². The fourth-order valence-corrected chi connectivity index (χ4v) is 6.14. The lowest BCUT2D eigenvalue weighted by molar-refractivity contribution is -0.137. The second kappa shape index (κ2) is 7.57. The van der Waals surface area contributed by atoms with E-state index in [9.17, 15) is 13.2 Å². The fourth-order valence-electron chi connectivity index (χ4n) is 5.90. The number of aryl methyl sites for hydroxylation is 1. The van der Waals surface area contributed by atoms with E-state index in [0.717, 1.165) is 24.6 Å². The van der Waals surface area contributed by atoms with Crippen molar-refractivity contribution in [3.63, 3.8) is 0 Å². The minimum absolute atomic E-state index is 0.0179. The topological polar surface area (TPSA) is 59.4 Å². The van der Waals surface area contributed by atoms with Crippen molar-refractivity contribution in [3.8, 4) is 22.8 Å². The quantitative estimate of drug-likeness (QED) is 0.316. The largest absolute Gasteiger partial charge is 0.417 e. The molecule has 0 radical (unpaired) electrons. The normalized spacial score (nSPS) is 17.6. The standard InChI is InChI=1S/C25H23ClF3N5/c1-34-20(15-9-12-24(21(15)33-34)10-5-2-6-11-24)23-31-18-13-17(30-22(26)19(18)32-23)14-7-3-4-8-16(14)25(27,28)29/h3-4,7-8,13H,2,5-6,9-12H2,1H3,(H,31,32). The molecule has 5 nitrogen and oxygen atoms in total. The van der Waals surface area contributed by atoms with E-state index in [1.54, 1.807) is 12.1 Å². The Kier molecular flexibility index (Phi) is 4.82. The molecule has 1 N–H and O–H groups in total. The summed E-state index contributed by atoms with van der Waals surface area (Å²) in [6.45, 7) is 0. The van der Waals surface area contributed by atoms with Gasteiger partial charge in [-0.25, -0.2) is 9.97 Å². The van der Waals surface area contributed by atoms with E-state index in [-0.39, 0.29) is 21.8 Å². The molecule has 0 amide bonds. The zero-order valence-electron chi connectivity index (χ0n) is 18.6. The molecule has 34 heavy (non-hydrogen) atoms. The molecule has 1 spiro atoms. The molecule has 0 aliphatic heterocycles. The number of nitrogens with one attached hydrogen (secondary N) is 1. The third kappa shape index (κ3) is 3.26. The molecular weight excluding hydrogens is 463 g/mol. The third-order valence-electron chi connectivity index (χ3n) is 7.47. The molecule has 0 saturated heterocycles. The number of aromatic nitrogens is 5. The van der Waals surface area contributed by atoms with Crippen molar-refractivity contribution < 1.29 is 13.2 Å². The highest BCUT2D eigenvalue weighted by Crippen LogP contribution is 2.50. The molecule has 2 aliphatic rings. The lowest BCUT2D eigenvalue weighted by Crippen LogP contribution is -2.27. The molecule has 9 heteroatoms. The Morgan fingerprint density at radius 1 is 1.06 bits per heavy atom. The Labute approximate surface area is 199 Å². The van der Waals surface area contributed by atoms with Crippen molar-refractivity contribution in [2.75, 3.05) is 0 Å². The molecule has 6 rings (SSSR count). The maximum absolute atomic E-state index is 13.6. The van der Waals surface area contributed by atoms with Crippen molar-refractivity contribution in [1.82, 2.24) is 24.7 Å². The molecule has 1 aromatic carbocycles. The van der Waals surface area contributed by atoms with Gasteiger partial charge in [-0.2, -0.15) is 18.3 Å². The van der Waals surface area contributed by atoms with Crippen LogP contribution in [0.25, 0.3) is 33.8 Å². The predicted molar refractivity (Wildman–Crippen MR) is 125 cm³/mol. The van der Waals surface area contributed by atoms with Gasteiger partial charge in [0.15, 0.2) is 11.0 Å². The van der Waals surface area contributed by atoms with Gasteiger partial charge in [0.2, 0.25) is 0 Å². The second-order valence-corrected chi connectivity index (χ2v) is 9.82. The molecule has 4 aromatic rings. The first-order valence-electron chi connectivity index (χ1n) is 11.6. The third-order valence-corrected chi connectivity index (χ3v) is 7.73. The lowest BCUT2D eigenvalue weighted by Gasteiger charge is -2.32. The van der Waals surface area contributed by atoms with Crippen LogP contribution >= 0.6 is 11.6 Å². The highest BCUT2D eigenvalue weighted by Gasteiger charge is 2.44. The molecule has 3 heterocycles. The van der Waals surface area contributed by atoms with Gasteiger partial charge >= 0.3 is 6.18 Å². The zero-order valence-corrected chi connectivity index (χ0v) is 19.4. The van der Waals surface area contributed by atoms with Gasteiger partial charge in [0.25, 0.3) is 0 Å². The number of fused-ring (bicyclic) bond motifs is 3. The number of H-pyrrole nitrogens is 1. The second-order valence-electron chi connectivity index (χ2n) is 9.46. The van der Waals surface area contributed by atoms with Crippen LogP contribution in [0.15, 0.2) is 30.3 Å². The summed E-state index contributed by atoms with van der Waals surface area (Å²) in [5, 5.41) is 4.99. The van der Waals surface area contributed by atoms with E-state index in [1.165, 1.54) is 55.5 Å². The average molecular weight is 486 g/mol. The van der Waals surface area contributed by atoms with Crippen LogP contribution in [-0.4, -0.2) is 24.7 Å². The van der Waals surface area contributed by atoms with Crippen molar-refractivity contribution in [3.05, 3.63) is 52.3 Å². The summed E-state index contributed by atoms with van der Waals surface area (Å²) in [6.07, 6.45) is 3.67. The average Bonchev–Trinajstić information content (AvgIpc) is 3.47. The summed E-state index contributed by atoms with van der Waals surface area (Å²) in [5.74, 6) is 0.615. The number of benzene rings is 1. The maximum atomic E-state index is 13.6. The van der Waals surface area contributed by atoms with Crippen LogP contribution in [0.3, 0.4) is 0 Å². The van der Waals surface area contributed by atoms with E-state index in [4.69, 9.17) is 21.7 Å². The summed E-state index contributed by atoms with van der Waals surface area (Å²) >= 11 is 6.43. The van der Waals surface area contributed by atoms with Crippen molar-refractivity contribution >= 4 is 22.6 Å². The van der Waals surface area contributed by atoms with Gasteiger partial charge < -0.3 is 4.98 Å². The molecular formula is C25H23ClF3N5. The number of hydrogen-bond donors (Lipinski definition) is 1. The molecule has 0 atom stereocenters. The molecule has 2 aliphatic carbocycles. The number of imidazole rings is 1. The Morgan fingerprint density at radius 3 is 2.59 bits per heavy atom. The van der Waals surface area contributed by atoms with Gasteiger partial charge in [0.05, 0.1) is 22.5 Å². The Hall–Kier alpha value is -2.87. The molecule has 1 saturated carbocycles. The Bertz CT molecular complexity index is 1410.